The zero-order chi connectivity index (χ0) is 40.4. The molecule has 0 aromatic carbocycles. The maximum atomic E-state index is 12.4. The van der Waals surface area contributed by atoms with E-state index in [0.717, 1.165) is 22.5 Å². The molecule has 12 N–H and O–H groups in total. The molecule has 0 aliphatic carbocycles. The zero-order valence-electron chi connectivity index (χ0n) is 26.7. The van der Waals surface area contributed by atoms with E-state index in [0.29, 0.717) is 0 Å². The summed E-state index contributed by atoms with van der Waals surface area (Å²) in [6.45, 7) is -2.35. The third-order valence-electron chi connectivity index (χ3n) is 7.72. The Bertz CT molecular complexity index is 1880. The van der Waals surface area contributed by atoms with Crippen molar-refractivity contribution < 1.29 is 99.3 Å². The second-order valence-electron chi connectivity index (χ2n) is 11.5. The standard InChI is InChI=1S/C20H28N10O21P4/c21-19-25-13-7(15(35)27-19)23-3-29(13)17-11(33)9(31)5(47-17)1-45-52(37,38)49-54(41,42)51-55(43,44)50-53(39,40)46-2-6-10(32)12(34)18(48-6)30-4-24-8-14(30)26-20(22)28-16(8)36/h3-12,17-18,31-34H,1-2H2,(H,37,38)(H,39,40)(H,41,42)(H,43,44)(H2,21,27,35)(H2,22,28,36). The summed E-state index contributed by atoms with van der Waals surface area (Å²) < 4.78 is 80.9. The van der Waals surface area contributed by atoms with E-state index in [9.17, 15) is 67.8 Å². The van der Waals surface area contributed by atoms with Crippen molar-refractivity contribution in [2.24, 2.45) is 41.4 Å². The second-order valence-corrected chi connectivity index (χ2v) is 17.7. The minimum Gasteiger partial charge on any atom is -0.387 e. The van der Waals surface area contributed by atoms with Crippen LogP contribution in [0.5, 0.6) is 0 Å². The van der Waals surface area contributed by atoms with Gasteiger partial charge < -0.3 is 60.9 Å². The van der Waals surface area contributed by atoms with E-state index < -0.39 is 129 Å². The van der Waals surface area contributed by atoms with Crippen molar-refractivity contribution >= 4 is 79.4 Å². The number of nitrogens with zero attached hydrogens (tertiary/aromatic N) is 8. The van der Waals surface area contributed by atoms with Gasteiger partial charge in [-0.25, -0.2) is 18.3 Å². The Labute approximate surface area is 304 Å². The number of hydrogen-bond acceptors (Lipinski definition) is 25. The van der Waals surface area contributed by atoms with Gasteiger partial charge in [-0.3, -0.25) is 38.4 Å². The van der Waals surface area contributed by atoms with Gasteiger partial charge in [0.05, 0.1) is 25.9 Å². The summed E-state index contributed by atoms with van der Waals surface area (Å²) >= 11 is 0. The number of amidine groups is 2. The minimum atomic E-state index is -6.25. The number of guanidine groups is 2. The highest BCUT2D eigenvalue weighted by molar-refractivity contribution is 7.69. The monoisotopic (exact) mass is 868 g/mol. The van der Waals surface area contributed by atoms with E-state index in [1.807, 2.05) is 0 Å². The molecule has 2 amide bonds. The third-order valence-corrected chi connectivity index (χ3v) is 13.6. The van der Waals surface area contributed by atoms with Crippen LogP contribution in [-0.2, 0) is 59.3 Å². The number of phosphoric acid groups is 4. The van der Waals surface area contributed by atoms with Crippen LogP contribution in [0.4, 0.5) is 0 Å². The van der Waals surface area contributed by atoms with Crippen molar-refractivity contribution in [3.63, 3.8) is 0 Å². The molecule has 2 fully saturated rings. The number of carbonyl (C=O) groups is 2. The first-order valence-corrected chi connectivity index (χ1v) is 20.8. The number of aliphatic hydroxyl groups excluding tert-OH is 4. The van der Waals surface area contributed by atoms with Gasteiger partial charge in [0.15, 0.2) is 36.2 Å². The Morgan fingerprint density at radius 1 is 0.600 bits per heavy atom. The fraction of sp³-hybridized carbons (Fsp3) is 0.600. The van der Waals surface area contributed by atoms with Gasteiger partial charge in [0.2, 0.25) is 11.9 Å². The Kier molecular flexibility index (Phi) is 11.3. The van der Waals surface area contributed by atoms with Crippen LogP contribution in [0.15, 0.2) is 30.0 Å². The molecule has 14 atom stereocenters. The average molecular weight is 868 g/mol. The van der Waals surface area contributed by atoms with Crippen LogP contribution in [-0.4, -0.2) is 172 Å². The fourth-order valence-corrected chi connectivity index (χ4v) is 10.4. The number of phosphoric ester groups is 2. The highest BCUT2D eigenvalue weighted by Gasteiger charge is 2.53. The predicted octanol–water partition coefficient (Wildman–Crippen LogP) is -5.70. The molecule has 6 rings (SSSR count). The largest absolute Gasteiger partial charge is 0.490 e. The van der Waals surface area contributed by atoms with Gasteiger partial charge in [0, 0.05) is 0 Å². The number of aliphatic hydroxyl groups is 4. The van der Waals surface area contributed by atoms with Crippen LogP contribution in [0.3, 0.4) is 0 Å². The summed E-state index contributed by atoms with van der Waals surface area (Å²) in [6.07, 6.45) is -11.8. The molecule has 31 nitrogen and oxygen atoms in total. The number of fused-ring (bicyclic) bond motifs is 2. The summed E-state index contributed by atoms with van der Waals surface area (Å²) in [5, 5.41) is 41.8. The Morgan fingerprint density at radius 3 is 1.31 bits per heavy atom. The number of rotatable bonds is 14. The highest BCUT2D eigenvalue weighted by atomic mass is 31.3. The van der Waals surface area contributed by atoms with Crippen LogP contribution in [0, 0.1) is 0 Å². The summed E-state index contributed by atoms with van der Waals surface area (Å²) in [5.74, 6) is -2.76. The first kappa shape index (κ1) is 41.5. The van der Waals surface area contributed by atoms with Gasteiger partial charge in [-0.05, 0) is 0 Å². The number of ether oxygens (including phenoxy) is 2. The lowest BCUT2D eigenvalue weighted by atomic mass is 10.1. The molecular weight excluding hydrogens is 840 g/mol. The zero-order valence-corrected chi connectivity index (χ0v) is 30.3. The summed E-state index contributed by atoms with van der Waals surface area (Å²) in [5.41, 5.74) is 11.0. The molecule has 0 aromatic rings. The number of nitrogens with two attached hydrogens (primary N) is 2. The van der Waals surface area contributed by atoms with Crippen molar-refractivity contribution in [1.82, 2.24) is 9.80 Å². The Hall–Kier alpha value is -3.12. The molecule has 0 bridgehead atoms. The Balaban J connectivity index is 0.993. The highest BCUT2D eigenvalue weighted by Crippen LogP contribution is 2.71. The van der Waals surface area contributed by atoms with E-state index >= 15 is 0 Å². The molecule has 6 aliphatic rings. The maximum absolute atomic E-state index is 12.4. The summed E-state index contributed by atoms with van der Waals surface area (Å²) in [4.78, 5) is 88.0. The molecule has 0 spiro atoms. The van der Waals surface area contributed by atoms with Gasteiger partial charge in [-0.15, -0.1) is 0 Å². The molecular formula is C20H28N10O21P4. The van der Waals surface area contributed by atoms with Gasteiger partial charge in [0.1, 0.15) is 36.6 Å². The summed E-state index contributed by atoms with van der Waals surface area (Å²) in [6, 6.07) is -2.48. The normalized spacial score (nSPS) is 37.3. The molecule has 0 aromatic heterocycles. The SMILES string of the molecule is NC1=NC(=O)C2N=CN(C3OC(COP(=O)(O)OP(=O)(O)OP(=O)(O)OP(=O)(O)OCC4OC(N5C=NC6C(=O)N=C(N)N=C65)C(O)C4O)C(O)C3O)C2=N1. The lowest BCUT2D eigenvalue weighted by Gasteiger charge is -2.27. The van der Waals surface area contributed by atoms with E-state index in [1.54, 1.807) is 0 Å². The number of hydrogen-bond donors (Lipinski definition) is 10. The van der Waals surface area contributed by atoms with Crippen molar-refractivity contribution in [3.05, 3.63) is 0 Å². The number of amides is 2. The minimum absolute atomic E-state index is 0.140. The molecule has 6 heterocycles. The number of carbonyl (C=O) groups excluding carboxylic acids is 2. The van der Waals surface area contributed by atoms with Crippen molar-refractivity contribution in [1.29, 1.82) is 0 Å². The van der Waals surface area contributed by atoms with Gasteiger partial charge >= 0.3 is 31.3 Å². The molecule has 55 heavy (non-hydrogen) atoms. The van der Waals surface area contributed by atoms with E-state index in [2.05, 4.69) is 51.9 Å². The van der Waals surface area contributed by atoms with Crippen LogP contribution in [0.1, 0.15) is 0 Å². The van der Waals surface area contributed by atoms with E-state index in [4.69, 9.17) is 20.9 Å². The predicted molar refractivity (Wildman–Crippen MR) is 172 cm³/mol. The van der Waals surface area contributed by atoms with Gasteiger partial charge in [-0.2, -0.15) is 32.9 Å². The molecule has 0 saturated carbocycles. The third kappa shape index (κ3) is 8.90. The van der Waals surface area contributed by atoms with Crippen LogP contribution in [0.2, 0.25) is 0 Å². The van der Waals surface area contributed by atoms with Crippen molar-refractivity contribution in [3.8, 4) is 0 Å². The molecule has 14 unspecified atom stereocenters. The summed E-state index contributed by atoms with van der Waals surface area (Å²) in [7, 11) is -24.2. The molecule has 6 aliphatic heterocycles. The quantitative estimate of drug-likeness (QED) is 0.0727. The molecule has 304 valence electrons. The lowest BCUT2D eigenvalue weighted by Crippen LogP contribution is -2.49. The van der Waals surface area contributed by atoms with Crippen molar-refractivity contribution in [2.75, 3.05) is 13.2 Å². The first-order chi connectivity index (χ1) is 25.5. The second kappa shape index (κ2) is 15.0. The topological polar surface area (TPSA) is 462 Å². The first-order valence-electron chi connectivity index (χ1n) is 14.8. The van der Waals surface area contributed by atoms with E-state index in [1.165, 1.54) is 0 Å². The Morgan fingerprint density at radius 2 is 0.945 bits per heavy atom. The van der Waals surface area contributed by atoms with Gasteiger partial charge in [-0.1, -0.05) is 0 Å². The van der Waals surface area contributed by atoms with Crippen LogP contribution < -0.4 is 11.5 Å². The van der Waals surface area contributed by atoms with Crippen molar-refractivity contribution in [2.45, 2.75) is 61.2 Å². The fourth-order valence-electron chi connectivity index (χ4n) is 5.42. The smallest absolute Gasteiger partial charge is 0.387 e. The molecule has 35 heteroatoms. The van der Waals surface area contributed by atoms with E-state index in [-0.39, 0.29) is 11.7 Å². The van der Waals surface area contributed by atoms with Crippen LogP contribution >= 0.6 is 31.3 Å². The average Bonchev–Trinajstić information content (AvgIpc) is 3.79. The molecule has 0 radical (unpaired) electrons. The van der Waals surface area contributed by atoms with Gasteiger partial charge in [0.25, 0.3) is 11.8 Å². The van der Waals surface area contributed by atoms with Crippen LogP contribution in [0.25, 0.3) is 0 Å². The maximum Gasteiger partial charge on any atom is 0.490 e. The number of aliphatic imine (C=N–C) groups is 6. The lowest BCUT2D eigenvalue weighted by molar-refractivity contribution is -0.118. The molecule has 2 saturated heterocycles.